The van der Waals surface area contributed by atoms with Gasteiger partial charge in [0.15, 0.2) is 0 Å². The third-order valence-corrected chi connectivity index (χ3v) is 3.46. The number of nitrogens with zero attached hydrogens (tertiary/aromatic N) is 1. The van der Waals surface area contributed by atoms with Gasteiger partial charge in [0.05, 0.1) is 0 Å². The Morgan fingerprint density at radius 2 is 2.00 bits per heavy atom. The van der Waals surface area contributed by atoms with E-state index in [1.165, 1.54) is 0 Å². The number of carbonyl (C=O) groups excluding carboxylic acids is 1. The molecule has 0 unspecified atom stereocenters. The molecule has 1 heterocycles. The van der Waals surface area contributed by atoms with E-state index in [4.69, 9.17) is 0 Å². The van der Waals surface area contributed by atoms with Crippen LogP contribution in [-0.2, 0) is 4.79 Å². The summed E-state index contributed by atoms with van der Waals surface area (Å²) >= 11 is 3.46. The Kier molecular flexibility index (Phi) is 4.34. The number of piperazine rings is 1. The van der Waals surface area contributed by atoms with Gasteiger partial charge in [0.25, 0.3) is 0 Å². The van der Waals surface area contributed by atoms with Crippen molar-refractivity contribution >= 4 is 27.9 Å². The molecule has 1 aliphatic heterocycles. The van der Waals surface area contributed by atoms with Gasteiger partial charge in [-0.3, -0.25) is 4.79 Å². The molecule has 1 N–H and O–H groups in total. The zero-order valence-electron chi connectivity index (χ0n) is 9.53. The van der Waals surface area contributed by atoms with Gasteiger partial charge in [0.1, 0.15) is 0 Å². The van der Waals surface area contributed by atoms with Crippen LogP contribution in [0.5, 0.6) is 0 Å². The average molecular weight is 295 g/mol. The molecule has 3 nitrogen and oxygen atoms in total. The zero-order valence-corrected chi connectivity index (χ0v) is 11.1. The van der Waals surface area contributed by atoms with E-state index in [9.17, 15) is 4.79 Å². The summed E-state index contributed by atoms with van der Waals surface area (Å²) in [6.45, 7) is 3.35. The van der Waals surface area contributed by atoms with Crippen molar-refractivity contribution in [3.8, 4) is 0 Å². The van der Waals surface area contributed by atoms with Crippen LogP contribution < -0.4 is 5.32 Å². The lowest BCUT2D eigenvalue weighted by atomic mass is 10.2. The van der Waals surface area contributed by atoms with Crippen molar-refractivity contribution in [3.63, 3.8) is 0 Å². The maximum Gasteiger partial charge on any atom is 0.246 e. The average Bonchev–Trinajstić information content (AvgIpc) is 2.38. The highest BCUT2D eigenvalue weighted by atomic mass is 79.9. The fourth-order valence-electron chi connectivity index (χ4n) is 1.76. The number of nitrogens with one attached hydrogen (secondary N) is 1. The van der Waals surface area contributed by atoms with Gasteiger partial charge in [-0.25, -0.2) is 0 Å². The van der Waals surface area contributed by atoms with E-state index in [0.29, 0.717) is 0 Å². The van der Waals surface area contributed by atoms with Crippen molar-refractivity contribution in [2.24, 2.45) is 0 Å². The molecule has 1 fully saturated rings. The number of hydrogen-bond acceptors (Lipinski definition) is 2. The van der Waals surface area contributed by atoms with Crippen molar-refractivity contribution < 1.29 is 4.79 Å². The van der Waals surface area contributed by atoms with Crippen molar-refractivity contribution in [2.75, 3.05) is 26.2 Å². The smallest absolute Gasteiger partial charge is 0.246 e. The van der Waals surface area contributed by atoms with Crippen LogP contribution in [0, 0.1) is 0 Å². The normalized spacial score (nSPS) is 16.4. The van der Waals surface area contributed by atoms with Crippen molar-refractivity contribution in [1.29, 1.82) is 0 Å². The van der Waals surface area contributed by atoms with Gasteiger partial charge in [-0.1, -0.05) is 34.1 Å². The summed E-state index contributed by atoms with van der Waals surface area (Å²) in [5.74, 6) is 0.0854. The Hall–Kier alpha value is -1.13. The first-order valence-electron chi connectivity index (χ1n) is 5.69. The Morgan fingerprint density at radius 1 is 1.29 bits per heavy atom. The molecule has 1 saturated heterocycles. The molecule has 90 valence electrons. The third kappa shape index (κ3) is 3.41. The summed E-state index contributed by atoms with van der Waals surface area (Å²) in [4.78, 5) is 13.7. The molecular formula is C13H15BrN2O. The van der Waals surface area contributed by atoms with Crippen LogP contribution in [0.4, 0.5) is 0 Å². The van der Waals surface area contributed by atoms with E-state index in [-0.39, 0.29) is 5.91 Å². The first-order chi connectivity index (χ1) is 8.27. The van der Waals surface area contributed by atoms with Crippen LogP contribution in [0.3, 0.4) is 0 Å². The van der Waals surface area contributed by atoms with Gasteiger partial charge in [0, 0.05) is 36.7 Å². The highest BCUT2D eigenvalue weighted by Crippen LogP contribution is 2.17. The van der Waals surface area contributed by atoms with Gasteiger partial charge in [-0.2, -0.15) is 0 Å². The van der Waals surface area contributed by atoms with Crippen molar-refractivity contribution in [2.45, 2.75) is 0 Å². The predicted molar refractivity (Wildman–Crippen MR) is 72.6 cm³/mol. The van der Waals surface area contributed by atoms with E-state index < -0.39 is 0 Å². The molecule has 0 spiro atoms. The second-order valence-corrected chi connectivity index (χ2v) is 4.78. The van der Waals surface area contributed by atoms with E-state index >= 15 is 0 Å². The lowest BCUT2D eigenvalue weighted by Gasteiger charge is -2.26. The van der Waals surface area contributed by atoms with Gasteiger partial charge < -0.3 is 10.2 Å². The van der Waals surface area contributed by atoms with Gasteiger partial charge in [-0.15, -0.1) is 0 Å². The molecule has 0 aliphatic carbocycles. The van der Waals surface area contributed by atoms with E-state index in [2.05, 4.69) is 21.2 Å². The largest absolute Gasteiger partial charge is 0.337 e. The minimum atomic E-state index is 0.0854. The minimum Gasteiger partial charge on any atom is -0.337 e. The molecule has 1 aromatic carbocycles. The molecule has 0 bridgehead atoms. The molecule has 1 amide bonds. The Balaban J connectivity index is 2.00. The first-order valence-corrected chi connectivity index (χ1v) is 6.49. The number of carbonyl (C=O) groups is 1. The summed E-state index contributed by atoms with van der Waals surface area (Å²) in [7, 11) is 0. The van der Waals surface area contributed by atoms with Gasteiger partial charge in [-0.05, 0) is 17.7 Å². The molecule has 0 atom stereocenters. The molecule has 1 aliphatic rings. The van der Waals surface area contributed by atoms with Crippen LogP contribution in [0.1, 0.15) is 5.56 Å². The second-order valence-electron chi connectivity index (χ2n) is 3.93. The van der Waals surface area contributed by atoms with Crippen molar-refractivity contribution in [3.05, 3.63) is 40.4 Å². The lowest BCUT2D eigenvalue weighted by Crippen LogP contribution is -2.45. The molecule has 17 heavy (non-hydrogen) atoms. The van der Waals surface area contributed by atoms with Crippen LogP contribution in [0.15, 0.2) is 34.8 Å². The summed E-state index contributed by atoms with van der Waals surface area (Å²) in [6.07, 6.45) is 3.50. The predicted octanol–water partition coefficient (Wildman–Crippen LogP) is 1.89. The molecule has 0 radical (unpaired) electrons. The van der Waals surface area contributed by atoms with Gasteiger partial charge >= 0.3 is 0 Å². The van der Waals surface area contributed by atoms with Crippen LogP contribution in [0.25, 0.3) is 6.08 Å². The molecule has 0 aromatic heterocycles. The molecule has 1 aromatic rings. The van der Waals surface area contributed by atoms with Crippen LogP contribution >= 0.6 is 15.9 Å². The highest BCUT2D eigenvalue weighted by Gasteiger charge is 2.13. The standard InChI is InChI=1S/C13H15BrN2O/c14-12-4-2-1-3-11(12)5-6-13(17)16-9-7-15-8-10-16/h1-6,15H,7-10H2/b6-5+. The summed E-state index contributed by atoms with van der Waals surface area (Å²) in [5, 5.41) is 3.23. The monoisotopic (exact) mass is 294 g/mol. The lowest BCUT2D eigenvalue weighted by molar-refractivity contribution is -0.126. The molecular weight excluding hydrogens is 280 g/mol. The fraction of sp³-hybridized carbons (Fsp3) is 0.308. The maximum absolute atomic E-state index is 11.9. The van der Waals surface area contributed by atoms with Crippen LogP contribution in [-0.4, -0.2) is 37.0 Å². The maximum atomic E-state index is 11.9. The summed E-state index contributed by atoms with van der Waals surface area (Å²) < 4.78 is 1.00. The summed E-state index contributed by atoms with van der Waals surface area (Å²) in [5.41, 5.74) is 1.02. The number of amides is 1. The number of hydrogen-bond donors (Lipinski definition) is 1. The molecule has 2 rings (SSSR count). The summed E-state index contributed by atoms with van der Waals surface area (Å²) in [6, 6.07) is 7.86. The van der Waals surface area contributed by atoms with E-state index in [0.717, 1.165) is 36.2 Å². The highest BCUT2D eigenvalue weighted by molar-refractivity contribution is 9.10. The minimum absolute atomic E-state index is 0.0854. The zero-order chi connectivity index (χ0) is 12.1. The third-order valence-electron chi connectivity index (χ3n) is 2.74. The number of halogens is 1. The second kappa shape index (κ2) is 5.98. The fourth-order valence-corrected chi connectivity index (χ4v) is 2.18. The molecule has 0 saturated carbocycles. The Morgan fingerprint density at radius 3 is 2.71 bits per heavy atom. The Labute approximate surface area is 110 Å². The number of benzene rings is 1. The first kappa shape index (κ1) is 12.3. The molecule has 4 heteroatoms. The quantitative estimate of drug-likeness (QED) is 0.845. The Bertz CT molecular complexity index is 425. The van der Waals surface area contributed by atoms with Crippen molar-refractivity contribution in [1.82, 2.24) is 10.2 Å². The van der Waals surface area contributed by atoms with Gasteiger partial charge in [0.2, 0.25) is 5.91 Å². The number of rotatable bonds is 2. The topological polar surface area (TPSA) is 32.3 Å². The van der Waals surface area contributed by atoms with E-state index in [1.807, 2.05) is 35.2 Å². The van der Waals surface area contributed by atoms with Crippen LogP contribution in [0.2, 0.25) is 0 Å². The van der Waals surface area contributed by atoms with E-state index in [1.54, 1.807) is 6.08 Å². The SMILES string of the molecule is O=C(/C=C/c1ccccc1Br)N1CCNCC1.